The van der Waals surface area contributed by atoms with Crippen molar-refractivity contribution in [2.75, 3.05) is 6.61 Å². The van der Waals surface area contributed by atoms with Gasteiger partial charge < -0.3 is 5.11 Å². The van der Waals surface area contributed by atoms with Crippen LogP contribution in [-0.4, -0.2) is 11.7 Å². The van der Waals surface area contributed by atoms with Crippen molar-refractivity contribution in [2.45, 2.75) is 79.6 Å². The summed E-state index contributed by atoms with van der Waals surface area (Å²) in [6.07, 6.45) is 9.71. The van der Waals surface area contributed by atoms with Crippen molar-refractivity contribution < 1.29 is 5.11 Å². The molecule has 3 aliphatic rings. The molecule has 3 rings (SSSR count). The van der Waals surface area contributed by atoms with E-state index in [1.165, 1.54) is 44.9 Å². The minimum Gasteiger partial charge on any atom is -0.396 e. The summed E-state index contributed by atoms with van der Waals surface area (Å²) in [6.45, 7) is 13.0. The molecule has 3 fully saturated rings. The maximum Gasteiger partial charge on any atom is 0.0467 e. The van der Waals surface area contributed by atoms with Crippen molar-refractivity contribution in [2.24, 2.45) is 39.9 Å². The summed E-state index contributed by atoms with van der Waals surface area (Å²) < 4.78 is 0. The molecule has 0 spiro atoms. The second kappa shape index (κ2) is 4.98. The first-order chi connectivity index (χ1) is 9.75. The molecule has 122 valence electrons. The second-order valence-corrected chi connectivity index (χ2v) is 9.84. The molecule has 0 bridgehead atoms. The maximum atomic E-state index is 10.0. The molecule has 0 radical (unpaired) electrons. The van der Waals surface area contributed by atoms with E-state index in [2.05, 4.69) is 34.6 Å². The zero-order valence-electron chi connectivity index (χ0n) is 14.9. The molecule has 0 unspecified atom stereocenters. The van der Waals surface area contributed by atoms with Gasteiger partial charge in [0, 0.05) is 6.61 Å². The highest BCUT2D eigenvalue weighted by Crippen LogP contribution is 2.68. The van der Waals surface area contributed by atoms with Crippen LogP contribution < -0.4 is 0 Å². The van der Waals surface area contributed by atoms with Gasteiger partial charge in [0.05, 0.1) is 0 Å². The molecule has 6 atom stereocenters. The Labute approximate surface area is 131 Å². The molecule has 0 heterocycles. The van der Waals surface area contributed by atoms with Gasteiger partial charge >= 0.3 is 0 Å². The monoisotopic (exact) mass is 292 g/mol. The molecule has 1 heteroatoms. The van der Waals surface area contributed by atoms with E-state index in [9.17, 15) is 5.11 Å². The molecule has 0 aromatic carbocycles. The Bertz CT molecular complexity index is 401. The van der Waals surface area contributed by atoms with Crippen LogP contribution in [0, 0.1) is 39.9 Å². The lowest BCUT2D eigenvalue weighted by Gasteiger charge is -2.66. The van der Waals surface area contributed by atoms with E-state index >= 15 is 0 Å². The first kappa shape index (κ1) is 15.8. The van der Waals surface area contributed by atoms with Gasteiger partial charge in [0.15, 0.2) is 0 Å². The summed E-state index contributed by atoms with van der Waals surface area (Å²) in [5.41, 5.74) is 1.42. The average molecular weight is 293 g/mol. The van der Waals surface area contributed by atoms with Crippen molar-refractivity contribution >= 4 is 0 Å². The van der Waals surface area contributed by atoms with Crippen molar-refractivity contribution in [3.8, 4) is 0 Å². The fourth-order valence-electron chi connectivity index (χ4n) is 7.46. The van der Waals surface area contributed by atoms with Gasteiger partial charge in [-0.25, -0.2) is 0 Å². The van der Waals surface area contributed by atoms with Crippen molar-refractivity contribution in [3.05, 3.63) is 0 Å². The number of rotatable bonds is 1. The van der Waals surface area contributed by atoms with Crippen molar-refractivity contribution in [3.63, 3.8) is 0 Å². The van der Waals surface area contributed by atoms with Crippen LogP contribution in [0.2, 0.25) is 0 Å². The fourth-order valence-corrected chi connectivity index (χ4v) is 7.46. The van der Waals surface area contributed by atoms with Crippen LogP contribution >= 0.6 is 0 Å². The summed E-state index contributed by atoms with van der Waals surface area (Å²) in [5, 5.41) is 10.0. The van der Waals surface area contributed by atoms with Crippen LogP contribution in [0.15, 0.2) is 0 Å². The Morgan fingerprint density at radius 2 is 1.57 bits per heavy atom. The third-order valence-electron chi connectivity index (χ3n) is 8.48. The van der Waals surface area contributed by atoms with Crippen LogP contribution in [0.4, 0.5) is 0 Å². The number of hydrogen-bond donors (Lipinski definition) is 1. The number of aliphatic hydroxyl groups is 1. The van der Waals surface area contributed by atoms with Gasteiger partial charge in [-0.1, -0.05) is 47.5 Å². The predicted molar refractivity (Wildman–Crippen MR) is 89.0 cm³/mol. The minimum absolute atomic E-state index is 0.380. The smallest absolute Gasteiger partial charge is 0.0467 e. The average Bonchev–Trinajstić information content (AvgIpc) is 2.36. The molecule has 0 aromatic rings. The van der Waals surface area contributed by atoms with Crippen molar-refractivity contribution in [1.82, 2.24) is 0 Å². The second-order valence-electron chi connectivity index (χ2n) is 9.84. The summed E-state index contributed by atoms with van der Waals surface area (Å²) in [4.78, 5) is 0. The Balaban J connectivity index is 1.98. The van der Waals surface area contributed by atoms with E-state index in [4.69, 9.17) is 0 Å². The van der Waals surface area contributed by atoms with Gasteiger partial charge in [-0.2, -0.15) is 0 Å². The van der Waals surface area contributed by atoms with Crippen LogP contribution in [0.25, 0.3) is 0 Å². The molecule has 1 nitrogen and oxygen atoms in total. The molecular weight excluding hydrogens is 256 g/mol. The number of aliphatic hydroxyl groups excluding tert-OH is 1. The van der Waals surface area contributed by atoms with Gasteiger partial charge in [0.1, 0.15) is 0 Å². The topological polar surface area (TPSA) is 20.2 Å². The van der Waals surface area contributed by atoms with E-state index < -0.39 is 0 Å². The van der Waals surface area contributed by atoms with E-state index in [1.807, 2.05) is 0 Å². The van der Waals surface area contributed by atoms with E-state index in [0.29, 0.717) is 34.7 Å². The van der Waals surface area contributed by atoms with Gasteiger partial charge in [-0.05, 0) is 72.0 Å². The van der Waals surface area contributed by atoms with Gasteiger partial charge in [-0.15, -0.1) is 0 Å². The molecule has 0 aromatic heterocycles. The Hall–Kier alpha value is -0.0400. The van der Waals surface area contributed by atoms with E-state index in [1.54, 1.807) is 0 Å². The lowest BCUT2D eigenvalue weighted by atomic mass is 9.39. The highest BCUT2D eigenvalue weighted by molar-refractivity contribution is 5.10. The quantitative estimate of drug-likeness (QED) is 0.697. The van der Waals surface area contributed by atoms with Crippen LogP contribution in [0.5, 0.6) is 0 Å². The molecular formula is C20H36O. The molecule has 1 N–H and O–H groups in total. The third-order valence-corrected chi connectivity index (χ3v) is 8.48. The van der Waals surface area contributed by atoms with Gasteiger partial charge in [-0.3, -0.25) is 0 Å². The zero-order valence-corrected chi connectivity index (χ0v) is 14.9. The standard InChI is InChI=1S/C20H36O/c1-14-7-8-17-19(4,15(14)13-21)12-9-16-18(2,3)10-6-11-20(16,17)5/h14-17,21H,6-13H2,1-5H3/t14-,15-,16+,17+,19+,20+/m0/s1. The molecule has 0 saturated heterocycles. The highest BCUT2D eigenvalue weighted by Gasteiger charge is 2.61. The van der Waals surface area contributed by atoms with Crippen LogP contribution in [-0.2, 0) is 0 Å². The number of fused-ring (bicyclic) bond motifs is 3. The Morgan fingerprint density at radius 1 is 0.857 bits per heavy atom. The third kappa shape index (κ3) is 2.13. The number of hydrogen-bond acceptors (Lipinski definition) is 1. The molecule has 3 saturated carbocycles. The molecule has 21 heavy (non-hydrogen) atoms. The highest BCUT2D eigenvalue weighted by atomic mass is 16.3. The molecule has 0 amide bonds. The summed E-state index contributed by atoms with van der Waals surface area (Å²) in [5.74, 6) is 2.95. The largest absolute Gasteiger partial charge is 0.396 e. The normalized spacial score (nSPS) is 52.9. The summed E-state index contributed by atoms with van der Waals surface area (Å²) >= 11 is 0. The first-order valence-corrected chi connectivity index (χ1v) is 9.36. The lowest BCUT2D eigenvalue weighted by Crippen LogP contribution is -2.59. The summed E-state index contributed by atoms with van der Waals surface area (Å²) in [7, 11) is 0. The van der Waals surface area contributed by atoms with Gasteiger partial charge in [0.25, 0.3) is 0 Å². The van der Waals surface area contributed by atoms with Crippen LogP contribution in [0.3, 0.4) is 0 Å². The van der Waals surface area contributed by atoms with Crippen LogP contribution in [0.1, 0.15) is 79.6 Å². The summed E-state index contributed by atoms with van der Waals surface area (Å²) in [6, 6.07) is 0. The van der Waals surface area contributed by atoms with Crippen molar-refractivity contribution in [1.29, 1.82) is 0 Å². The molecule has 0 aliphatic heterocycles. The van der Waals surface area contributed by atoms with E-state index in [-0.39, 0.29) is 0 Å². The lowest BCUT2D eigenvalue weighted by molar-refractivity contribution is -0.179. The van der Waals surface area contributed by atoms with E-state index in [0.717, 1.165) is 11.8 Å². The first-order valence-electron chi connectivity index (χ1n) is 9.36. The predicted octanol–water partition coefficient (Wildman–Crippen LogP) is 5.27. The zero-order chi connectivity index (χ0) is 15.5. The Kier molecular flexibility index (Phi) is 3.76. The minimum atomic E-state index is 0.380. The maximum absolute atomic E-state index is 10.0. The Morgan fingerprint density at radius 3 is 2.24 bits per heavy atom. The fraction of sp³-hybridized carbons (Fsp3) is 1.00. The SMILES string of the molecule is C[C@H]1CC[C@H]2[C@]3(C)CCCC(C)(C)[C@H]3CC[C@]2(C)[C@H]1CO. The van der Waals surface area contributed by atoms with Gasteiger partial charge in [0.2, 0.25) is 0 Å². The molecule has 3 aliphatic carbocycles.